The molecule has 0 saturated carbocycles. The molecule has 3 aromatic heterocycles. The van der Waals surface area contributed by atoms with Gasteiger partial charge in [0.1, 0.15) is 22.5 Å². The lowest BCUT2D eigenvalue weighted by atomic mass is 9.83. The van der Waals surface area contributed by atoms with Gasteiger partial charge >= 0.3 is 0 Å². The minimum atomic E-state index is 0.246. The van der Waals surface area contributed by atoms with Gasteiger partial charge in [-0.2, -0.15) is 0 Å². The smallest absolute Gasteiger partial charge is 0.164 e. The van der Waals surface area contributed by atoms with Gasteiger partial charge in [0.2, 0.25) is 0 Å². The highest BCUT2D eigenvalue weighted by Gasteiger charge is 2.25. The summed E-state index contributed by atoms with van der Waals surface area (Å²) in [4.78, 5) is 15.8. The molecular formula is C48H33N3O2. The van der Waals surface area contributed by atoms with Gasteiger partial charge in [0.05, 0.1) is 0 Å². The number of benzene rings is 5. The third-order valence-electron chi connectivity index (χ3n) is 11.0. The molecule has 3 atom stereocenters. The highest BCUT2D eigenvalue weighted by Crippen LogP contribution is 2.44. The highest BCUT2D eigenvalue weighted by atomic mass is 16.3. The van der Waals surface area contributed by atoms with Crippen LogP contribution < -0.4 is 0 Å². The molecule has 3 aliphatic carbocycles. The summed E-state index contributed by atoms with van der Waals surface area (Å²) < 4.78 is 13.1. The van der Waals surface area contributed by atoms with E-state index in [1.807, 2.05) is 12.1 Å². The van der Waals surface area contributed by atoms with Crippen LogP contribution in [-0.4, -0.2) is 15.0 Å². The molecule has 252 valence electrons. The largest absolute Gasteiger partial charge is 0.460 e. The van der Waals surface area contributed by atoms with Gasteiger partial charge in [0.15, 0.2) is 17.5 Å². The van der Waals surface area contributed by atoms with Crippen molar-refractivity contribution in [3.63, 3.8) is 0 Å². The van der Waals surface area contributed by atoms with Gasteiger partial charge in [-0.05, 0) is 58.1 Å². The van der Waals surface area contributed by atoms with E-state index in [1.165, 1.54) is 5.39 Å². The van der Waals surface area contributed by atoms with Crippen LogP contribution in [-0.2, 0) is 6.42 Å². The van der Waals surface area contributed by atoms with Crippen molar-refractivity contribution in [2.45, 2.75) is 13.3 Å². The molecule has 0 bridgehead atoms. The average molecular weight is 684 g/mol. The maximum atomic E-state index is 6.62. The van der Waals surface area contributed by atoms with Crippen LogP contribution in [0.4, 0.5) is 0 Å². The molecule has 5 nitrogen and oxygen atoms in total. The summed E-state index contributed by atoms with van der Waals surface area (Å²) in [5, 5.41) is 5.42. The summed E-state index contributed by atoms with van der Waals surface area (Å²) in [6, 6.07) is 33.7. The van der Waals surface area contributed by atoms with E-state index in [-0.39, 0.29) is 5.92 Å². The van der Waals surface area contributed by atoms with Crippen molar-refractivity contribution in [1.82, 2.24) is 15.0 Å². The number of fused-ring (bicyclic) bond motifs is 8. The van der Waals surface area contributed by atoms with Gasteiger partial charge in [0, 0.05) is 56.7 Å². The second-order valence-electron chi connectivity index (χ2n) is 14.4. The minimum absolute atomic E-state index is 0.246. The Kier molecular flexibility index (Phi) is 6.65. The fraction of sp³-hybridized carbons (Fsp3) is 0.104. The number of nitrogens with zero attached hydrogens (tertiary/aromatic N) is 3. The van der Waals surface area contributed by atoms with Crippen LogP contribution in [0.25, 0.3) is 89.2 Å². The second-order valence-corrected chi connectivity index (χ2v) is 14.4. The quantitative estimate of drug-likeness (QED) is 0.185. The van der Waals surface area contributed by atoms with Crippen LogP contribution in [0.3, 0.4) is 0 Å². The van der Waals surface area contributed by atoms with Crippen molar-refractivity contribution in [2.24, 2.45) is 17.8 Å². The van der Waals surface area contributed by atoms with Gasteiger partial charge in [-0.1, -0.05) is 128 Å². The molecule has 0 saturated heterocycles. The molecule has 0 amide bonds. The molecule has 3 aliphatic rings. The lowest BCUT2D eigenvalue weighted by Gasteiger charge is -2.22. The molecule has 5 heteroatoms. The van der Waals surface area contributed by atoms with Crippen LogP contribution >= 0.6 is 0 Å². The first-order valence-corrected chi connectivity index (χ1v) is 18.3. The summed E-state index contributed by atoms with van der Waals surface area (Å²) in [6.45, 7) is 2.23. The van der Waals surface area contributed by atoms with E-state index >= 15 is 0 Å². The van der Waals surface area contributed by atoms with E-state index in [9.17, 15) is 0 Å². The van der Waals surface area contributed by atoms with Crippen molar-refractivity contribution >= 4 is 55.3 Å². The Hall–Kier alpha value is -6.59. The minimum Gasteiger partial charge on any atom is -0.460 e. The van der Waals surface area contributed by atoms with E-state index < -0.39 is 0 Å². The lowest BCUT2D eigenvalue weighted by molar-refractivity contribution is 0.513. The molecular weight excluding hydrogens is 651 g/mol. The summed E-state index contributed by atoms with van der Waals surface area (Å²) in [6.07, 6.45) is 20.8. The number of furan rings is 2. The lowest BCUT2D eigenvalue weighted by Crippen LogP contribution is -2.12. The number of hydrogen-bond acceptors (Lipinski definition) is 5. The van der Waals surface area contributed by atoms with E-state index in [2.05, 4.69) is 147 Å². The topological polar surface area (TPSA) is 65.0 Å². The maximum Gasteiger partial charge on any atom is 0.164 e. The molecule has 53 heavy (non-hydrogen) atoms. The first-order valence-electron chi connectivity index (χ1n) is 18.3. The zero-order chi connectivity index (χ0) is 35.0. The first kappa shape index (κ1) is 30.1. The van der Waals surface area contributed by atoms with Gasteiger partial charge < -0.3 is 8.83 Å². The SMILES string of the molecule is CC1C=Cc2c(oc3cccc(-c4cc(-c5nc(C6=CC7C=CC=CC7C=C6)nc(-c6ccc7ccccc7c6)n5)c5c(c4)oc4ccccc45)c23)C1. The van der Waals surface area contributed by atoms with E-state index in [4.69, 9.17) is 23.8 Å². The van der Waals surface area contributed by atoms with Gasteiger partial charge in [-0.15, -0.1) is 0 Å². The Labute approximate surface area is 306 Å². The van der Waals surface area contributed by atoms with Gasteiger partial charge in [-0.25, -0.2) is 15.0 Å². The Bertz CT molecular complexity index is 2970. The number of para-hydroxylation sites is 1. The van der Waals surface area contributed by atoms with Crippen molar-refractivity contribution in [3.05, 3.63) is 163 Å². The molecule has 8 aromatic rings. The molecule has 0 N–H and O–H groups in total. The Morgan fingerprint density at radius 2 is 1.38 bits per heavy atom. The van der Waals surface area contributed by atoms with E-state index in [0.717, 1.165) is 83.9 Å². The van der Waals surface area contributed by atoms with E-state index in [1.54, 1.807) is 0 Å². The number of aromatic nitrogens is 3. The van der Waals surface area contributed by atoms with Crippen LogP contribution in [0.15, 0.2) is 155 Å². The molecule has 5 aromatic carbocycles. The summed E-state index contributed by atoms with van der Waals surface area (Å²) >= 11 is 0. The molecule has 0 fully saturated rings. The van der Waals surface area contributed by atoms with Crippen LogP contribution in [0.5, 0.6) is 0 Å². The average Bonchev–Trinajstić information content (AvgIpc) is 3.78. The second kappa shape index (κ2) is 11.7. The fourth-order valence-electron chi connectivity index (χ4n) is 8.31. The van der Waals surface area contributed by atoms with Crippen molar-refractivity contribution in [2.75, 3.05) is 0 Å². The normalized spacial score (nSPS) is 19.0. The van der Waals surface area contributed by atoms with Crippen LogP contribution in [0.1, 0.15) is 24.1 Å². The molecule has 3 unspecified atom stereocenters. The summed E-state index contributed by atoms with van der Waals surface area (Å²) in [5.41, 5.74) is 8.56. The van der Waals surface area contributed by atoms with Crippen molar-refractivity contribution in [1.29, 1.82) is 0 Å². The molecule has 0 radical (unpaired) electrons. The molecule has 11 rings (SSSR count). The zero-order valence-corrected chi connectivity index (χ0v) is 29.0. The zero-order valence-electron chi connectivity index (χ0n) is 29.0. The monoisotopic (exact) mass is 683 g/mol. The summed E-state index contributed by atoms with van der Waals surface area (Å²) in [5.74, 6) is 3.92. The number of hydrogen-bond donors (Lipinski definition) is 0. The molecule has 0 aliphatic heterocycles. The standard InChI is InChI=1S/C48H33N3O2/c1-28-17-22-38-42(23-28)53-41-16-8-14-36(44(38)41)35-26-39(45-37-13-6-7-15-40(37)52-43(45)27-35)48-50-46(33-20-18-29-9-2-4-11-31(29)24-33)49-47(51-48)34-21-19-30-10-3-5-12-32(30)25-34/h2-22,24-29,31H,23H2,1H3. The third-order valence-corrected chi connectivity index (χ3v) is 11.0. The Morgan fingerprint density at radius 1 is 0.566 bits per heavy atom. The van der Waals surface area contributed by atoms with Crippen LogP contribution in [0, 0.1) is 17.8 Å². The Balaban J connectivity index is 1.18. The predicted octanol–water partition coefficient (Wildman–Crippen LogP) is 12.2. The van der Waals surface area contributed by atoms with Crippen molar-refractivity contribution in [3.8, 4) is 33.9 Å². The maximum absolute atomic E-state index is 6.62. The van der Waals surface area contributed by atoms with Crippen molar-refractivity contribution < 1.29 is 8.83 Å². The highest BCUT2D eigenvalue weighted by molar-refractivity contribution is 6.14. The predicted molar refractivity (Wildman–Crippen MR) is 215 cm³/mol. The number of allylic oxidation sites excluding steroid dienone is 9. The first-order chi connectivity index (χ1) is 26.1. The fourth-order valence-corrected chi connectivity index (χ4v) is 8.31. The van der Waals surface area contributed by atoms with Gasteiger partial charge in [0.25, 0.3) is 0 Å². The van der Waals surface area contributed by atoms with Gasteiger partial charge in [-0.3, -0.25) is 0 Å². The van der Waals surface area contributed by atoms with E-state index in [0.29, 0.717) is 29.3 Å². The molecule has 0 spiro atoms. The van der Waals surface area contributed by atoms with Crippen LogP contribution in [0.2, 0.25) is 0 Å². The third kappa shape index (κ3) is 4.96. The molecule has 3 heterocycles. The Morgan fingerprint density at radius 3 is 2.32 bits per heavy atom. The summed E-state index contributed by atoms with van der Waals surface area (Å²) in [7, 11) is 0. The number of rotatable bonds is 4.